The van der Waals surface area contributed by atoms with Crippen molar-refractivity contribution in [2.75, 3.05) is 6.61 Å². The van der Waals surface area contributed by atoms with Crippen LogP contribution in [0.25, 0.3) is 0 Å². The molecular weight excluding hydrogens is 436 g/mol. The molecule has 10 heteroatoms. The summed E-state index contributed by atoms with van der Waals surface area (Å²) >= 11 is 0. The summed E-state index contributed by atoms with van der Waals surface area (Å²) in [4.78, 5) is 39.1. The lowest BCUT2D eigenvalue weighted by Crippen LogP contribution is -2.51. The van der Waals surface area contributed by atoms with Crippen molar-refractivity contribution in [1.29, 1.82) is 0 Å². The van der Waals surface area contributed by atoms with Crippen LogP contribution in [0.15, 0.2) is 23.0 Å². The predicted octanol–water partition coefficient (Wildman–Crippen LogP) is 2.15. The Morgan fingerprint density at radius 3 is 2.79 bits per heavy atom. The molecule has 2 aromatic rings. The number of fused-ring (bicyclic) bond motifs is 1. The quantitative estimate of drug-likeness (QED) is 0.665. The van der Waals surface area contributed by atoms with Crippen LogP contribution in [0.2, 0.25) is 0 Å². The highest BCUT2D eigenvalue weighted by molar-refractivity contribution is 5.95. The Hall–Kier alpha value is -3.27. The zero-order valence-electron chi connectivity index (χ0n) is 18.3. The average Bonchev–Trinajstić information content (AvgIpc) is 3.21. The molecule has 176 valence electrons. The van der Waals surface area contributed by atoms with Crippen LogP contribution in [0, 0.1) is 18.6 Å². The van der Waals surface area contributed by atoms with E-state index in [1.165, 1.54) is 6.07 Å². The highest BCUT2D eigenvalue weighted by Gasteiger charge is 2.41. The van der Waals surface area contributed by atoms with Crippen molar-refractivity contribution in [3.63, 3.8) is 0 Å². The molecule has 1 aromatic heterocycles. The second kappa shape index (κ2) is 8.93. The summed E-state index contributed by atoms with van der Waals surface area (Å²) in [5.41, 5.74) is -0.287. The van der Waals surface area contributed by atoms with E-state index in [0.717, 1.165) is 12.5 Å². The van der Waals surface area contributed by atoms with E-state index in [0.29, 0.717) is 37.6 Å². The molecule has 2 amide bonds. The Morgan fingerprint density at radius 1 is 1.33 bits per heavy atom. The van der Waals surface area contributed by atoms with Crippen molar-refractivity contribution in [1.82, 2.24) is 14.8 Å². The van der Waals surface area contributed by atoms with Gasteiger partial charge in [-0.15, -0.1) is 0 Å². The van der Waals surface area contributed by atoms with Crippen molar-refractivity contribution in [3.8, 4) is 5.75 Å². The van der Waals surface area contributed by atoms with E-state index < -0.39 is 34.9 Å². The van der Waals surface area contributed by atoms with Crippen LogP contribution in [-0.4, -0.2) is 45.8 Å². The number of aromatic hydroxyl groups is 1. The first-order chi connectivity index (χ1) is 15.7. The second-order valence-electron chi connectivity index (χ2n) is 8.43. The molecule has 4 rings (SSSR count). The molecule has 8 nitrogen and oxygen atoms in total. The van der Waals surface area contributed by atoms with E-state index in [-0.39, 0.29) is 35.4 Å². The molecular formula is C23H25F2N3O5. The Labute approximate surface area is 188 Å². The smallest absolute Gasteiger partial charge is 0.257 e. The van der Waals surface area contributed by atoms with Gasteiger partial charge in [0.25, 0.3) is 5.91 Å². The van der Waals surface area contributed by atoms with Gasteiger partial charge in [-0.05, 0) is 39.2 Å². The third-order valence-corrected chi connectivity index (χ3v) is 6.49. The molecule has 3 unspecified atom stereocenters. The first-order valence-electron chi connectivity index (χ1n) is 10.8. The molecule has 1 saturated heterocycles. The maximum atomic E-state index is 13.9. The monoisotopic (exact) mass is 461 g/mol. The number of aromatic nitrogens is 1. The van der Waals surface area contributed by atoms with Crippen LogP contribution in [0.1, 0.15) is 53.1 Å². The third kappa shape index (κ3) is 3.99. The molecule has 2 N–H and O–H groups in total. The molecule has 3 atom stereocenters. The van der Waals surface area contributed by atoms with Crippen LogP contribution in [0.3, 0.4) is 0 Å². The number of rotatable bonds is 5. The number of carbonyl (C=O) groups excluding carboxylic acids is 2. The van der Waals surface area contributed by atoms with E-state index in [4.69, 9.17) is 4.74 Å². The largest absolute Gasteiger partial charge is 0.503 e. The average molecular weight is 461 g/mol. The summed E-state index contributed by atoms with van der Waals surface area (Å²) in [7, 11) is 0. The molecule has 0 bridgehead atoms. The van der Waals surface area contributed by atoms with Gasteiger partial charge in [0.1, 0.15) is 17.2 Å². The Balaban J connectivity index is 1.68. The summed E-state index contributed by atoms with van der Waals surface area (Å²) in [6.07, 6.45) is 1.68. The second-order valence-corrected chi connectivity index (χ2v) is 8.43. The molecule has 0 radical (unpaired) electrons. The van der Waals surface area contributed by atoms with Crippen molar-refractivity contribution in [3.05, 3.63) is 62.6 Å². The zero-order valence-corrected chi connectivity index (χ0v) is 18.3. The minimum absolute atomic E-state index is 0.0352. The SMILES string of the molecule is Cc1c(O)c(=O)c(C(=O)NCc2ccc(F)cc2F)c2n1C(C1OCCC(C)N1C=O)CC2. The van der Waals surface area contributed by atoms with Gasteiger partial charge in [-0.3, -0.25) is 14.4 Å². The normalized spacial score (nSPS) is 22.2. The van der Waals surface area contributed by atoms with Gasteiger partial charge in [0.15, 0.2) is 12.0 Å². The van der Waals surface area contributed by atoms with Gasteiger partial charge >= 0.3 is 0 Å². The van der Waals surface area contributed by atoms with E-state index >= 15 is 0 Å². The van der Waals surface area contributed by atoms with Gasteiger partial charge in [-0.2, -0.15) is 0 Å². The van der Waals surface area contributed by atoms with E-state index in [9.17, 15) is 28.3 Å². The number of halogens is 2. The minimum atomic E-state index is -0.818. The van der Waals surface area contributed by atoms with E-state index in [2.05, 4.69) is 5.32 Å². The number of ether oxygens (including phenoxy) is 1. The number of pyridine rings is 1. The Morgan fingerprint density at radius 2 is 2.09 bits per heavy atom. The van der Waals surface area contributed by atoms with Crippen molar-refractivity contribution in [2.45, 2.75) is 58.0 Å². The van der Waals surface area contributed by atoms with Crippen LogP contribution < -0.4 is 10.7 Å². The molecule has 0 spiro atoms. The van der Waals surface area contributed by atoms with E-state index in [1.54, 1.807) is 16.4 Å². The molecule has 3 heterocycles. The maximum absolute atomic E-state index is 13.9. The van der Waals surface area contributed by atoms with Crippen LogP contribution in [-0.2, 0) is 22.5 Å². The minimum Gasteiger partial charge on any atom is -0.503 e. The van der Waals surface area contributed by atoms with Gasteiger partial charge in [-0.25, -0.2) is 8.78 Å². The van der Waals surface area contributed by atoms with Gasteiger partial charge in [0, 0.05) is 29.9 Å². The number of nitrogens with one attached hydrogen (secondary N) is 1. The topological polar surface area (TPSA) is 101 Å². The number of hydrogen-bond acceptors (Lipinski definition) is 5. The fraction of sp³-hybridized carbons (Fsp3) is 0.435. The molecule has 0 saturated carbocycles. The molecule has 33 heavy (non-hydrogen) atoms. The maximum Gasteiger partial charge on any atom is 0.257 e. The molecule has 2 aliphatic heterocycles. The highest BCUT2D eigenvalue weighted by Crippen LogP contribution is 2.37. The van der Waals surface area contributed by atoms with Gasteiger partial charge < -0.3 is 24.6 Å². The van der Waals surface area contributed by atoms with Gasteiger partial charge in [0.05, 0.1) is 18.3 Å². The summed E-state index contributed by atoms with van der Waals surface area (Å²) in [6.45, 7) is 3.70. The number of hydrogen-bond donors (Lipinski definition) is 2. The lowest BCUT2D eigenvalue weighted by Gasteiger charge is -2.41. The molecule has 1 aromatic carbocycles. The fourth-order valence-corrected chi connectivity index (χ4v) is 4.71. The standard InChI is InChI=1S/C23H25F2N3O5/c1-12-7-8-33-23(27(12)11-29)18-6-5-17-19(21(31)20(30)13(2)28(17)18)22(32)26-10-14-3-4-15(24)9-16(14)25/h3-4,9,11-12,18,23,30H,5-8,10H2,1-2H3,(H,26,32). The summed E-state index contributed by atoms with van der Waals surface area (Å²) < 4.78 is 34.6. The molecule has 1 fully saturated rings. The number of nitrogens with zero attached hydrogens (tertiary/aromatic N) is 2. The van der Waals surface area contributed by atoms with Gasteiger partial charge in [-0.1, -0.05) is 6.07 Å². The lowest BCUT2D eigenvalue weighted by atomic mass is 10.1. The number of carbonyl (C=O) groups is 2. The van der Waals surface area contributed by atoms with E-state index in [1.807, 2.05) is 6.92 Å². The Kier molecular flexibility index (Phi) is 6.20. The first-order valence-corrected chi connectivity index (χ1v) is 10.8. The van der Waals surface area contributed by atoms with Crippen molar-refractivity contribution < 1.29 is 28.2 Å². The Bertz CT molecular complexity index is 1170. The van der Waals surface area contributed by atoms with Crippen molar-refractivity contribution >= 4 is 12.3 Å². The summed E-state index contributed by atoms with van der Waals surface area (Å²) in [5.74, 6) is -2.89. The third-order valence-electron chi connectivity index (χ3n) is 6.49. The summed E-state index contributed by atoms with van der Waals surface area (Å²) in [6, 6.07) is 2.57. The van der Waals surface area contributed by atoms with Crippen LogP contribution >= 0.6 is 0 Å². The van der Waals surface area contributed by atoms with Gasteiger partial charge in [0.2, 0.25) is 11.8 Å². The highest BCUT2D eigenvalue weighted by atomic mass is 19.1. The number of benzene rings is 1. The zero-order chi connectivity index (χ0) is 23.9. The molecule has 0 aliphatic carbocycles. The van der Waals surface area contributed by atoms with Crippen molar-refractivity contribution in [2.24, 2.45) is 0 Å². The molecule has 2 aliphatic rings. The van der Waals surface area contributed by atoms with Crippen LogP contribution in [0.5, 0.6) is 5.75 Å². The predicted molar refractivity (Wildman–Crippen MR) is 114 cm³/mol. The lowest BCUT2D eigenvalue weighted by molar-refractivity contribution is -0.159. The van der Waals surface area contributed by atoms with Crippen LogP contribution in [0.4, 0.5) is 8.78 Å². The number of amides is 2. The fourth-order valence-electron chi connectivity index (χ4n) is 4.71. The summed E-state index contributed by atoms with van der Waals surface area (Å²) in [5, 5.41) is 13.0. The first kappa shape index (κ1) is 22.9.